The van der Waals surface area contributed by atoms with Gasteiger partial charge in [0.2, 0.25) is 0 Å². The monoisotopic (exact) mass is 458 g/mol. The van der Waals surface area contributed by atoms with Crippen LogP contribution in [0.5, 0.6) is 11.5 Å². The number of halogens is 2. The number of benzene rings is 2. The molecule has 5 atom stereocenters. The summed E-state index contributed by atoms with van der Waals surface area (Å²) < 4.78 is 41.3. The van der Waals surface area contributed by atoms with Gasteiger partial charge in [-0.1, -0.05) is 12.1 Å². The van der Waals surface area contributed by atoms with Crippen molar-refractivity contribution in [2.75, 3.05) is 7.11 Å². The normalized spacial score (nSPS) is 24.2. The maximum Gasteiger partial charge on any atom is 0.309 e. The van der Waals surface area contributed by atoms with Crippen molar-refractivity contribution < 1.29 is 33.3 Å². The van der Waals surface area contributed by atoms with Crippen molar-refractivity contribution in [2.24, 2.45) is 17.8 Å². The number of allylic oxidation sites excluding steroid dienone is 2. The molecular formula is C26H28F2O5. The van der Waals surface area contributed by atoms with Crippen molar-refractivity contribution in [2.45, 2.75) is 44.8 Å². The summed E-state index contributed by atoms with van der Waals surface area (Å²) in [7, 11) is 1.49. The minimum Gasteiger partial charge on any atom is -0.497 e. The van der Waals surface area contributed by atoms with Crippen molar-refractivity contribution in [3.8, 4) is 11.5 Å². The third-order valence-electron chi connectivity index (χ3n) is 6.95. The molecule has 0 saturated heterocycles. The van der Waals surface area contributed by atoms with Crippen molar-refractivity contribution >= 4 is 11.5 Å². The maximum atomic E-state index is 15.5. The molecule has 7 heteroatoms. The van der Waals surface area contributed by atoms with Crippen molar-refractivity contribution in [3.63, 3.8) is 0 Å². The molecule has 2 aromatic rings. The first kappa shape index (κ1) is 23.2. The van der Waals surface area contributed by atoms with Gasteiger partial charge in [-0.25, -0.2) is 8.78 Å². The van der Waals surface area contributed by atoms with Gasteiger partial charge in [0.15, 0.2) is 0 Å². The Morgan fingerprint density at radius 2 is 1.88 bits per heavy atom. The Balaban J connectivity index is 1.52. The van der Waals surface area contributed by atoms with E-state index in [1.807, 2.05) is 0 Å². The lowest BCUT2D eigenvalue weighted by atomic mass is 9.79. The highest BCUT2D eigenvalue weighted by molar-refractivity contribution is 5.71. The Morgan fingerprint density at radius 3 is 2.61 bits per heavy atom. The number of aliphatic hydroxyl groups excluding tert-OH is 1. The van der Waals surface area contributed by atoms with Crippen LogP contribution in [0.25, 0.3) is 5.57 Å². The predicted molar refractivity (Wildman–Crippen MR) is 119 cm³/mol. The Hall–Kier alpha value is -2.93. The highest BCUT2D eigenvalue weighted by Gasteiger charge is 2.43. The molecule has 1 fully saturated rings. The van der Waals surface area contributed by atoms with Crippen LogP contribution in [0.4, 0.5) is 8.78 Å². The Bertz CT molecular complexity index is 1070. The molecular weight excluding hydrogens is 430 g/mol. The zero-order valence-corrected chi connectivity index (χ0v) is 18.6. The minimum atomic E-state index is -1.15. The Kier molecular flexibility index (Phi) is 6.70. The fourth-order valence-corrected chi connectivity index (χ4v) is 5.03. The summed E-state index contributed by atoms with van der Waals surface area (Å²) in [4.78, 5) is 11.2. The van der Waals surface area contributed by atoms with Crippen molar-refractivity contribution in [1.29, 1.82) is 0 Å². The number of carbonyl (C=O) groups is 1. The summed E-state index contributed by atoms with van der Waals surface area (Å²) in [6, 6.07) is 11.1. The van der Waals surface area contributed by atoms with Crippen molar-refractivity contribution in [1.82, 2.24) is 0 Å². The zero-order chi connectivity index (χ0) is 23.7. The van der Waals surface area contributed by atoms with Gasteiger partial charge in [0.05, 0.1) is 19.1 Å². The van der Waals surface area contributed by atoms with Gasteiger partial charge in [0, 0.05) is 17.4 Å². The van der Waals surface area contributed by atoms with E-state index in [2.05, 4.69) is 0 Å². The molecule has 1 saturated carbocycles. The van der Waals surface area contributed by atoms with Crippen LogP contribution < -0.4 is 9.47 Å². The number of carboxylic acids is 1. The van der Waals surface area contributed by atoms with Gasteiger partial charge in [0.25, 0.3) is 0 Å². The van der Waals surface area contributed by atoms with E-state index in [0.29, 0.717) is 48.3 Å². The molecule has 0 aromatic heterocycles. The summed E-state index contributed by atoms with van der Waals surface area (Å²) in [6.07, 6.45) is 0.988. The van der Waals surface area contributed by atoms with Gasteiger partial charge in [0.1, 0.15) is 29.2 Å². The molecule has 0 spiro atoms. The average Bonchev–Trinajstić information content (AvgIpc) is 3.22. The quantitative estimate of drug-likeness (QED) is 0.570. The molecule has 0 bridgehead atoms. The summed E-state index contributed by atoms with van der Waals surface area (Å²) in [5.74, 6) is -2.13. The summed E-state index contributed by atoms with van der Waals surface area (Å²) in [6.45, 7) is 1.45. The fourth-order valence-electron chi connectivity index (χ4n) is 5.03. The van der Waals surface area contributed by atoms with Gasteiger partial charge in [-0.05, 0) is 74.1 Å². The van der Waals surface area contributed by atoms with Crippen molar-refractivity contribution in [3.05, 3.63) is 65.2 Å². The van der Waals surface area contributed by atoms with Crippen LogP contribution in [0.3, 0.4) is 0 Å². The van der Waals surface area contributed by atoms with Gasteiger partial charge in [-0.2, -0.15) is 0 Å². The molecule has 0 radical (unpaired) electrons. The average molecular weight is 459 g/mol. The molecule has 176 valence electrons. The molecule has 2 N–H and O–H groups in total. The van der Waals surface area contributed by atoms with E-state index < -0.39 is 23.8 Å². The lowest BCUT2D eigenvalue weighted by Gasteiger charge is -2.30. The number of ether oxygens (including phenoxy) is 2. The number of carboxylic acid groups (broad SMARTS) is 1. The Labute approximate surface area is 191 Å². The van der Waals surface area contributed by atoms with Gasteiger partial charge < -0.3 is 19.7 Å². The first-order valence-electron chi connectivity index (χ1n) is 11.2. The van der Waals surface area contributed by atoms with Gasteiger partial charge in [-0.15, -0.1) is 0 Å². The first-order valence-corrected chi connectivity index (χ1v) is 11.2. The highest BCUT2D eigenvalue weighted by atomic mass is 19.1. The second-order valence-electron chi connectivity index (χ2n) is 8.86. The van der Waals surface area contributed by atoms with Crippen LogP contribution in [0, 0.1) is 23.6 Å². The molecule has 5 nitrogen and oxygen atoms in total. The maximum absolute atomic E-state index is 15.5. The van der Waals surface area contributed by atoms with Crippen LogP contribution >= 0.6 is 0 Å². The van der Waals surface area contributed by atoms with Crippen LogP contribution in [-0.2, 0) is 4.79 Å². The third-order valence-corrected chi connectivity index (χ3v) is 6.95. The number of rotatable bonds is 7. The molecule has 0 heterocycles. The predicted octanol–water partition coefficient (Wildman–Crippen LogP) is 5.54. The summed E-state index contributed by atoms with van der Waals surface area (Å²) in [5.41, 5.74) is 1.12. The molecule has 4 rings (SSSR count). The van der Waals surface area contributed by atoms with Crippen LogP contribution in [0.15, 0.2) is 48.3 Å². The first-order chi connectivity index (χ1) is 15.8. The highest BCUT2D eigenvalue weighted by Crippen LogP contribution is 2.50. The third kappa shape index (κ3) is 4.60. The van der Waals surface area contributed by atoms with Crippen LogP contribution in [0.2, 0.25) is 0 Å². The largest absolute Gasteiger partial charge is 0.497 e. The molecule has 33 heavy (non-hydrogen) atoms. The summed E-state index contributed by atoms with van der Waals surface area (Å²) >= 11 is 0. The second kappa shape index (κ2) is 9.51. The standard InChI is InChI=1S/C26H28F2O5/c1-14(26(30)31)25(29)15-4-3-5-17(12-15)33-23-11-9-19-18(23)7-8-20(24(19)28)21-13-16(32-2)6-10-22(21)27/h3-6,10,12-14,18-19,23,25,29H,7-9,11H2,1-2H3,(H,30,31)/t14-,18?,19?,23+,25+/m0/s1. The van der Waals surface area contributed by atoms with E-state index in [0.717, 1.165) is 0 Å². The number of aliphatic hydroxyl groups is 1. The smallest absolute Gasteiger partial charge is 0.309 e. The molecule has 2 unspecified atom stereocenters. The van der Waals surface area contributed by atoms with E-state index in [4.69, 9.17) is 14.6 Å². The number of hydrogen-bond donors (Lipinski definition) is 2. The molecule has 2 aliphatic rings. The molecule has 0 aliphatic heterocycles. The van der Waals surface area contributed by atoms with E-state index in [1.54, 1.807) is 30.3 Å². The SMILES string of the molecule is COc1ccc(F)c(C2=C(F)C3CC[C@@H](Oc4cccc([C@H](O)[C@H](C)C(=O)O)c4)C3CC2)c1. The number of fused-ring (bicyclic) bond motifs is 1. The molecule has 2 aromatic carbocycles. The minimum absolute atomic E-state index is 0.0334. The van der Waals surface area contributed by atoms with Crippen LogP contribution in [0.1, 0.15) is 49.8 Å². The van der Waals surface area contributed by atoms with E-state index >= 15 is 4.39 Å². The number of methoxy groups -OCH3 is 1. The second-order valence-corrected chi connectivity index (χ2v) is 8.86. The molecule has 2 aliphatic carbocycles. The topological polar surface area (TPSA) is 76.0 Å². The fraction of sp³-hybridized carbons (Fsp3) is 0.423. The lowest BCUT2D eigenvalue weighted by Crippen LogP contribution is -2.28. The van der Waals surface area contributed by atoms with Crippen LogP contribution in [-0.4, -0.2) is 29.4 Å². The lowest BCUT2D eigenvalue weighted by molar-refractivity contribution is -0.145. The van der Waals surface area contributed by atoms with E-state index in [1.165, 1.54) is 26.2 Å². The van der Waals surface area contributed by atoms with Gasteiger partial charge >= 0.3 is 5.97 Å². The number of hydrogen-bond acceptors (Lipinski definition) is 4. The summed E-state index contributed by atoms with van der Waals surface area (Å²) in [5, 5.41) is 19.5. The zero-order valence-electron chi connectivity index (χ0n) is 18.6. The molecule has 0 amide bonds. The Morgan fingerprint density at radius 1 is 1.09 bits per heavy atom. The van der Waals surface area contributed by atoms with E-state index in [9.17, 15) is 14.3 Å². The number of aliphatic carboxylic acids is 1. The van der Waals surface area contributed by atoms with E-state index in [-0.39, 0.29) is 29.3 Å². The van der Waals surface area contributed by atoms with Gasteiger partial charge in [-0.3, -0.25) is 4.79 Å².